The Morgan fingerprint density at radius 1 is 0.348 bits per heavy atom. The lowest BCUT2D eigenvalue weighted by molar-refractivity contribution is -0.286. The van der Waals surface area contributed by atoms with Gasteiger partial charge in [0.2, 0.25) is 17.7 Å². The summed E-state index contributed by atoms with van der Waals surface area (Å²) in [5.41, 5.74) is 0. The van der Waals surface area contributed by atoms with Crippen LogP contribution in [0.1, 0.15) is 116 Å². The number of piperazine rings is 3. The largest absolute Gasteiger partial charge is 0.333 e. The van der Waals surface area contributed by atoms with E-state index in [1.54, 1.807) is 0 Å². The van der Waals surface area contributed by atoms with E-state index in [0.29, 0.717) is 53.2 Å². The summed E-state index contributed by atoms with van der Waals surface area (Å²) in [4.78, 5) is 55.6. The number of piperidine rings is 3. The minimum atomic E-state index is 0.216. The average Bonchev–Trinajstić information content (AvgIpc) is 3.10. The molecule has 0 N–H and O–H groups in total. The summed E-state index contributed by atoms with van der Waals surface area (Å²) in [5.74, 6) is 5.53. The Morgan fingerprint density at radius 2 is 0.783 bits per heavy atom. The molecule has 12 fully saturated rings. The van der Waals surface area contributed by atoms with Crippen molar-refractivity contribution in [2.24, 2.45) is 53.3 Å². The first-order valence-electron chi connectivity index (χ1n) is 20.4. The molecule has 12 aliphatic rings. The molecule has 0 radical (unpaired) electrons. The molecule has 6 aliphatic carbocycles. The third kappa shape index (κ3) is 3.04. The van der Waals surface area contributed by atoms with Gasteiger partial charge in [-0.2, -0.15) is 0 Å². The quantitative estimate of drug-likeness (QED) is 0.387. The molecular weight excluding hydrogens is 572 g/mol. The Balaban J connectivity index is 1.08. The molecule has 18 unspecified atom stereocenters. The van der Waals surface area contributed by atoms with E-state index in [1.165, 1.54) is 70.6 Å². The molecule has 0 bridgehead atoms. The number of carbonyl (C=O) groups is 3. The number of hydrogen-bond donors (Lipinski definition) is 0. The second-order valence-corrected chi connectivity index (χ2v) is 18.7. The first kappa shape index (κ1) is 27.2. The zero-order valence-electron chi connectivity index (χ0n) is 27.6. The lowest BCUT2D eigenvalue weighted by Crippen LogP contribution is -2.94. The Kier molecular flexibility index (Phi) is 5.52. The number of hydrogen-bond acceptors (Lipinski definition) is 4. The van der Waals surface area contributed by atoms with Gasteiger partial charge in [-0.1, -0.05) is 38.5 Å². The van der Waals surface area contributed by atoms with Crippen molar-refractivity contribution in [2.45, 2.75) is 170 Å². The summed E-state index contributed by atoms with van der Waals surface area (Å²) in [5, 5.41) is 0. The third-order valence-corrected chi connectivity index (χ3v) is 17.8. The van der Waals surface area contributed by atoms with E-state index in [2.05, 4.69) is 19.6 Å². The summed E-state index contributed by atoms with van der Waals surface area (Å²) in [6.07, 6.45) is 21.4. The molecular formula is C39H54N4O3. The van der Waals surface area contributed by atoms with Crippen molar-refractivity contribution in [3.8, 4) is 0 Å². The number of nitrogens with zero attached hydrogens (tertiary/aromatic N) is 4. The van der Waals surface area contributed by atoms with Crippen molar-refractivity contribution in [3.05, 3.63) is 0 Å². The van der Waals surface area contributed by atoms with Crippen LogP contribution in [-0.4, -0.2) is 91.7 Å². The highest BCUT2D eigenvalue weighted by molar-refractivity contribution is 5.85. The van der Waals surface area contributed by atoms with Crippen molar-refractivity contribution >= 4 is 17.7 Å². The second kappa shape index (κ2) is 9.33. The molecule has 6 saturated carbocycles. The maximum absolute atomic E-state index is 15.0. The molecule has 6 heterocycles. The Hall–Kier alpha value is -1.63. The van der Waals surface area contributed by atoms with E-state index in [0.717, 1.165) is 44.9 Å². The monoisotopic (exact) mass is 626 g/mol. The van der Waals surface area contributed by atoms with Crippen LogP contribution in [0, 0.1) is 53.3 Å². The molecule has 18 atom stereocenters. The smallest absolute Gasteiger partial charge is 0.226 e. The highest BCUT2D eigenvalue weighted by atomic mass is 16.2. The molecule has 0 spiro atoms. The van der Waals surface area contributed by atoms with E-state index < -0.39 is 0 Å². The molecule has 7 nitrogen and oxygen atoms in total. The van der Waals surface area contributed by atoms with E-state index in [9.17, 15) is 9.59 Å². The van der Waals surface area contributed by atoms with Gasteiger partial charge in [-0.3, -0.25) is 19.3 Å². The fourth-order valence-electron chi connectivity index (χ4n) is 16.8. The van der Waals surface area contributed by atoms with Crippen LogP contribution in [0.5, 0.6) is 0 Å². The Labute approximate surface area is 274 Å². The molecule has 3 amide bonds. The fraction of sp³-hybridized carbons (Fsp3) is 0.923. The SMILES string of the molecule is O=C1C2CCCCC2C2CCC3C4C2N1C1CCCC2C1N4C1C4C(CC5C6CCCCC6C(=O)N3C51)C1CCCCC1C(=O)N24. The molecule has 6 saturated heterocycles. The van der Waals surface area contributed by atoms with Crippen LogP contribution in [0.25, 0.3) is 0 Å². The zero-order chi connectivity index (χ0) is 30.2. The topological polar surface area (TPSA) is 64.2 Å². The van der Waals surface area contributed by atoms with E-state index >= 15 is 4.79 Å². The van der Waals surface area contributed by atoms with Crippen molar-refractivity contribution in [1.82, 2.24) is 19.6 Å². The minimum absolute atomic E-state index is 0.216. The molecule has 0 aromatic carbocycles. The highest BCUT2D eigenvalue weighted by Gasteiger charge is 2.76. The predicted molar refractivity (Wildman–Crippen MR) is 171 cm³/mol. The van der Waals surface area contributed by atoms with Gasteiger partial charge in [0.25, 0.3) is 0 Å². The standard InChI is InChI=1S/C39H54N4O3/c44-37-23-11-4-1-8-19(23)22-16-17-30-35-31(22)40(37)28-14-7-15-29-34(28)43(35)36-32-26(20-9-2-5-12-24(20)38(45)41(29)32)18-27-21-10-3-6-13-25(21)39(46)42(30)33(27)36/h19-36H,1-18H2. The summed E-state index contributed by atoms with van der Waals surface area (Å²) in [7, 11) is 0. The van der Waals surface area contributed by atoms with Gasteiger partial charge in [0.05, 0.1) is 36.3 Å². The third-order valence-electron chi connectivity index (χ3n) is 17.8. The normalized spacial score (nSPS) is 57.7. The van der Waals surface area contributed by atoms with Crippen LogP contribution in [0.3, 0.4) is 0 Å². The van der Waals surface area contributed by atoms with Crippen LogP contribution in [-0.2, 0) is 14.4 Å². The number of rotatable bonds is 0. The Bertz CT molecular complexity index is 1360. The van der Waals surface area contributed by atoms with Gasteiger partial charge in [-0.05, 0) is 113 Å². The van der Waals surface area contributed by atoms with E-state index in [4.69, 9.17) is 0 Å². The van der Waals surface area contributed by atoms with Gasteiger partial charge in [0.15, 0.2) is 0 Å². The molecule has 0 aromatic heterocycles. The predicted octanol–water partition coefficient (Wildman–Crippen LogP) is 4.82. The van der Waals surface area contributed by atoms with Gasteiger partial charge in [-0.25, -0.2) is 0 Å². The fourth-order valence-corrected chi connectivity index (χ4v) is 16.8. The van der Waals surface area contributed by atoms with Gasteiger partial charge in [0.1, 0.15) is 0 Å². The summed E-state index contributed by atoms with van der Waals surface area (Å²) < 4.78 is 0. The molecule has 12 rings (SSSR count). The van der Waals surface area contributed by atoms with Crippen molar-refractivity contribution in [2.75, 3.05) is 0 Å². The van der Waals surface area contributed by atoms with Crippen LogP contribution < -0.4 is 0 Å². The second-order valence-electron chi connectivity index (χ2n) is 18.7. The van der Waals surface area contributed by atoms with Gasteiger partial charge >= 0.3 is 0 Å². The van der Waals surface area contributed by atoms with Crippen molar-refractivity contribution < 1.29 is 14.4 Å². The first-order chi connectivity index (χ1) is 22.6. The number of amides is 3. The molecule has 6 aliphatic heterocycles. The first-order valence-corrected chi connectivity index (χ1v) is 20.4. The molecule has 46 heavy (non-hydrogen) atoms. The minimum Gasteiger partial charge on any atom is -0.333 e. The van der Waals surface area contributed by atoms with Crippen molar-refractivity contribution in [3.63, 3.8) is 0 Å². The van der Waals surface area contributed by atoms with E-state index in [-0.39, 0.29) is 72.1 Å². The maximum atomic E-state index is 15.0. The van der Waals surface area contributed by atoms with Crippen molar-refractivity contribution in [1.29, 1.82) is 0 Å². The molecule has 248 valence electrons. The van der Waals surface area contributed by atoms with Crippen LogP contribution >= 0.6 is 0 Å². The van der Waals surface area contributed by atoms with Gasteiger partial charge in [0, 0.05) is 35.9 Å². The molecule has 0 aromatic rings. The summed E-state index contributed by atoms with van der Waals surface area (Å²) in [6.45, 7) is 0. The molecule has 7 heteroatoms. The van der Waals surface area contributed by atoms with Crippen LogP contribution in [0.4, 0.5) is 0 Å². The lowest BCUT2D eigenvalue weighted by Gasteiger charge is -2.79. The van der Waals surface area contributed by atoms with Gasteiger partial charge < -0.3 is 14.7 Å². The summed E-state index contributed by atoms with van der Waals surface area (Å²) >= 11 is 0. The van der Waals surface area contributed by atoms with Gasteiger partial charge in [-0.15, -0.1) is 0 Å². The number of fused-ring (bicyclic) bond motifs is 9. The van der Waals surface area contributed by atoms with Crippen LogP contribution in [0.2, 0.25) is 0 Å². The van der Waals surface area contributed by atoms with Crippen LogP contribution in [0.15, 0.2) is 0 Å². The summed E-state index contributed by atoms with van der Waals surface area (Å²) in [6, 6.07) is 2.41. The maximum Gasteiger partial charge on any atom is 0.226 e. The highest BCUT2D eigenvalue weighted by Crippen LogP contribution is 2.65. The Morgan fingerprint density at radius 3 is 1.30 bits per heavy atom. The number of carbonyl (C=O) groups excluding carboxylic acids is 3. The average molecular weight is 627 g/mol. The zero-order valence-corrected chi connectivity index (χ0v) is 27.6. The lowest BCUT2D eigenvalue weighted by atomic mass is 9.49. The van der Waals surface area contributed by atoms with E-state index in [1.807, 2.05) is 0 Å².